The van der Waals surface area contributed by atoms with Gasteiger partial charge in [-0.2, -0.15) is 0 Å². The zero-order valence-corrected chi connectivity index (χ0v) is 19.6. The minimum absolute atomic E-state index is 0.0786. The topological polar surface area (TPSA) is 61.4 Å². The van der Waals surface area contributed by atoms with Gasteiger partial charge in [0, 0.05) is 43.9 Å². The minimum atomic E-state index is -0.127. The Balaban J connectivity index is 1.03. The van der Waals surface area contributed by atoms with Crippen LogP contribution in [0, 0.1) is 17.7 Å². The van der Waals surface area contributed by atoms with E-state index >= 15 is 0 Å². The largest absolute Gasteiger partial charge is 0.356 e. The number of hydrogen-bond acceptors (Lipinski definition) is 6. The Kier molecular flexibility index (Phi) is 6.83. The summed E-state index contributed by atoms with van der Waals surface area (Å²) in [5, 5.41) is 4.22. The van der Waals surface area contributed by atoms with Crippen LogP contribution in [0.1, 0.15) is 31.2 Å². The van der Waals surface area contributed by atoms with E-state index in [1.807, 2.05) is 24.3 Å². The Morgan fingerprint density at radius 3 is 2.61 bits per heavy atom. The lowest BCUT2D eigenvalue weighted by molar-refractivity contribution is -0.125. The van der Waals surface area contributed by atoms with Crippen molar-refractivity contribution in [3.8, 4) is 0 Å². The number of halogens is 1. The van der Waals surface area contributed by atoms with E-state index < -0.39 is 0 Å². The molecule has 0 saturated carbocycles. The number of carbonyl (C=O) groups excluding carboxylic acids is 1. The molecule has 2 fully saturated rings. The fourth-order valence-corrected chi connectivity index (χ4v) is 5.79. The molecule has 2 aliphatic rings. The molecule has 0 spiro atoms. The van der Waals surface area contributed by atoms with E-state index in [2.05, 4.69) is 20.1 Å². The minimum Gasteiger partial charge on any atom is -0.356 e. The van der Waals surface area contributed by atoms with Gasteiger partial charge in [0.05, 0.1) is 0 Å². The number of amides is 1. The quantitative estimate of drug-likeness (QED) is 0.592. The first kappa shape index (κ1) is 22.2. The average Bonchev–Trinajstić information content (AvgIpc) is 3.29. The van der Waals surface area contributed by atoms with E-state index in [1.165, 1.54) is 6.07 Å². The third-order valence-corrected chi connectivity index (χ3v) is 7.96. The molecule has 6 nitrogen and oxygen atoms in total. The van der Waals surface area contributed by atoms with Crippen LogP contribution < -0.4 is 10.2 Å². The van der Waals surface area contributed by atoms with Crippen LogP contribution in [0.15, 0.2) is 42.6 Å². The standard InChI is InChI=1S/C25H30FN5OS/c26-21-5-2-1-4-20(21)17-30-12-7-18(8-13-30)16-28-23(32)19-9-14-31(15-10-19)25-29-22-6-3-11-27-24(22)33-25/h1-6,11,18-19H,7-10,12-17H2,(H,28,32). The van der Waals surface area contributed by atoms with E-state index in [9.17, 15) is 9.18 Å². The molecule has 174 valence electrons. The monoisotopic (exact) mass is 467 g/mol. The molecule has 0 bridgehead atoms. The van der Waals surface area contributed by atoms with Gasteiger partial charge < -0.3 is 10.2 Å². The summed E-state index contributed by atoms with van der Waals surface area (Å²) in [7, 11) is 0. The Morgan fingerprint density at radius 2 is 1.85 bits per heavy atom. The number of pyridine rings is 1. The van der Waals surface area contributed by atoms with Crippen molar-refractivity contribution in [3.63, 3.8) is 0 Å². The second-order valence-electron chi connectivity index (χ2n) is 9.14. The van der Waals surface area contributed by atoms with Crippen molar-refractivity contribution in [2.24, 2.45) is 11.8 Å². The number of nitrogens with one attached hydrogen (secondary N) is 1. The van der Waals surface area contributed by atoms with Crippen molar-refractivity contribution in [1.29, 1.82) is 0 Å². The number of nitrogens with zero attached hydrogens (tertiary/aromatic N) is 4. The van der Waals surface area contributed by atoms with Gasteiger partial charge in [-0.15, -0.1) is 0 Å². The van der Waals surface area contributed by atoms with Crippen molar-refractivity contribution in [1.82, 2.24) is 20.2 Å². The summed E-state index contributed by atoms with van der Waals surface area (Å²) in [5.41, 5.74) is 1.70. The molecule has 5 rings (SSSR count). The van der Waals surface area contributed by atoms with Crippen molar-refractivity contribution < 1.29 is 9.18 Å². The molecule has 1 aromatic carbocycles. The highest BCUT2D eigenvalue weighted by atomic mass is 32.1. The first-order chi connectivity index (χ1) is 16.2. The molecule has 1 amide bonds. The van der Waals surface area contributed by atoms with Crippen LogP contribution in [-0.4, -0.2) is 53.5 Å². The second kappa shape index (κ2) is 10.1. The van der Waals surface area contributed by atoms with Gasteiger partial charge in [-0.3, -0.25) is 9.69 Å². The Bertz CT molecular complexity index is 1060. The number of fused-ring (bicyclic) bond motifs is 1. The maximum Gasteiger partial charge on any atom is 0.223 e. The van der Waals surface area contributed by atoms with Gasteiger partial charge in [0.15, 0.2) is 5.13 Å². The summed E-state index contributed by atoms with van der Waals surface area (Å²) in [6.45, 7) is 5.01. The van der Waals surface area contributed by atoms with Crippen LogP contribution in [0.4, 0.5) is 9.52 Å². The molecule has 3 aromatic rings. The number of aromatic nitrogens is 2. The second-order valence-corrected chi connectivity index (χ2v) is 10.1. The molecule has 33 heavy (non-hydrogen) atoms. The zero-order valence-electron chi connectivity index (χ0n) is 18.8. The highest BCUT2D eigenvalue weighted by Crippen LogP contribution is 2.30. The van der Waals surface area contributed by atoms with E-state index in [1.54, 1.807) is 23.6 Å². The molecular weight excluding hydrogens is 437 g/mol. The number of likely N-dealkylation sites (tertiary alicyclic amines) is 1. The summed E-state index contributed by atoms with van der Waals surface area (Å²) >= 11 is 1.62. The predicted octanol–water partition coefficient (Wildman–Crippen LogP) is 4.08. The molecule has 2 aliphatic heterocycles. The lowest BCUT2D eigenvalue weighted by atomic mass is 9.94. The third-order valence-electron chi connectivity index (χ3n) is 6.92. The van der Waals surface area contributed by atoms with Gasteiger partial charge in [0.1, 0.15) is 16.2 Å². The number of thiazole rings is 1. The summed E-state index contributed by atoms with van der Waals surface area (Å²) in [4.78, 5) is 27.4. The molecule has 1 N–H and O–H groups in total. The van der Waals surface area contributed by atoms with Crippen LogP contribution >= 0.6 is 11.3 Å². The maximum atomic E-state index is 13.9. The van der Waals surface area contributed by atoms with Crippen LogP contribution in [0.2, 0.25) is 0 Å². The fourth-order valence-electron chi connectivity index (χ4n) is 4.83. The van der Waals surface area contributed by atoms with Crippen molar-refractivity contribution in [2.45, 2.75) is 32.2 Å². The van der Waals surface area contributed by atoms with Crippen LogP contribution in [0.5, 0.6) is 0 Å². The smallest absolute Gasteiger partial charge is 0.223 e. The number of hydrogen-bond donors (Lipinski definition) is 1. The maximum absolute atomic E-state index is 13.9. The van der Waals surface area contributed by atoms with Gasteiger partial charge >= 0.3 is 0 Å². The normalized spacial score (nSPS) is 18.6. The number of anilines is 1. The summed E-state index contributed by atoms with van der Waals surface area (Å²) in [6, 6.07) is 10.9. The molecule has 0 unspecified atom stereocenters. The molecular formula is C25H30FN5OS. The lowest BCUT2D eigenvalue weighted by Gasteiger charge is -2.33. The van der Waals surface area contributed by atoms with Crippen molar-refractivity contribution in [3.05, 3.63) is 54.0 Å². The summed E-state index contributed by atoms with van der Waals surface area (Å²) < 4.78 is 13.9. The SMILES string of the molecule is O=C(NCC1CCN(Cc2ccccc2F)CC1)C1CCN(c2nc3cccnc3s2)CC1. The fraction of sp³-hybridized carbons (Fsp3) is 0.480. The van der Waals surface area contributed by atoms with Gasteiger partial charge in [-0.05, 0) is 62.9 Å². The molecule has 2 saturated heterocycles. The number of carbonyl (C=O) groups is 1. The lowest BCUT2D eigenvalue weighted by Crippen LogP contribution is -2.43. The average molecular weight is 468 g/mol. The number of benzene rings is 1. The molecule has 0 aliphatic carbocycles. The van der Waals surface area contributed by atoms with Gasteiger partial charge in [-0.25, -0.2) is 14.4 Å². The van der Waals surface area contributed by atoms with Crippen molar-refractivity contribution in [2.75, 3.05) is 37.6 Å². The number of piperidine rings is 2. The van der Waals surface area contributed by atoms with Crippen LogP contribution in [-0.2, 0) is 11.3 Å². The predicted molar refractivity (Wildman–Crippen MR) is 130 cm³/mol. The van der Waals surface area contributed by atoms with Gasteiger partial charge in [-0.1, -0.05) is 29.5 Å². The van der Waals surface area contributed by atoms with E-state index in [0.717, 1.165) is 79.4 Å². The molecule has 8 heteroatoms. The molecule has 4 heterocycles. The van der Waals surface area contributed by atoms with E-state index in [-0.39, 0.29) is 17.6 Å². The molecule has 0 atom stereocenters. The van der Waals surface area contributed by atoms with Crippen molar-refractivity contribution >= 4 is 32.7 Å². The Hall–Kier alpha value is -2.58. The van der Waals surface area contributed by atoms with Gasteiger partial charge in [0.2, 0.25) is 5.91 Å². The zero-order chi connectivity index (χ0) is 22.6. The van der Waals surface area contributed by atoms with Gasteiger partial charge in [0.25, 0.3) is 0 Å². The third kappa shape index (κ3) is 5.33. The van der Waals surface area contributed by atoms with E-state index in [0.29, 0.717) is 12.5 Å². The summed E-state index contributed by atoms with van der Waals surface area (Å²) in [6.07, 6.45) is 5.60. The highest BCUT2D eigenvalue weighted by Gasteiger charge is 2.27. The van der Waals surface area contributed by atoms with Crippen LogP contribution in [0.25, 0.3) is 10.3 Å². The number of rotatable bonds is 6. The molecule has 2 aromatic heterocycles. The Labute approximate surface area is 197 Å². The van der Waals surface area contributed by atoms with Crippen LogP contribution in [0.3, 0.4) is 0 Å². The van der Waals surface area contributed by atoms with E-state index in [4.69, 9.17) is 4.98 Å². The first-order valence-corrected chi connectivity index (χ1v) is 12.7. The highest BCUT2D eigenvalue weighted by molar-refractivity contribution is 7.21. The first-order valence-electron chi connectivity index (χ1n) is 11.9. The summed E-state index contributed by atoms with van der Waals surface area (Å²) in [5.74, 6) is 0.642. The Morgan fingerprint density at radius 1 is 1.06 bits per heavy atom. The molecule has 0 radical (unpaired) electrons.